The van der Waals surface area contributed by atoms with Gasteiger partial charge in [0.25, 0.3) is 5.91 Å². The Labute approximate surface area is 129 Å². The molecule has 2 unspecified atom stereocenters. The van der Waals surface area contributed by atoms with Gasteiger partial charge in [0.2, 0.25) is 5.91 Å². The number of carbonyl (C=O) groups is 2. The Morgan fingerprint density at radius 3 is 3.00 bits per heavy atom. The van der Waals surface area contributed by atoms with E-state index in [-0.39, 0.29) is 17.7 Å². The third kappa shape index (κ3) is 4.54. The number of hydrogen-bond donors (Lipinski definition) is 2. The second kappa shape index (κ2) is 7.56. The maximum absolute atomic E-state index is 12.0. The smallest absolute Gasteiger partial charge is 0.261 e. The molecule has 1 aromatic heterocycles. The number of aliphatic hydroxyl groups is 1. The zero-order valence-electron chi connectivity index (χ0n) is 12.2. The number of carbonyl (C=O) groups excluding carboxylic acids is 2. The number of nitrogens with zero attached hydrogens (tertiary/aromatic N) is 1. The highest BCUT2D eigenvalue weighted by Crippen LogP contribution is 2.17. The minimum Gasteiger partial charge on any atom is -0.391 e. The topological polar surface area (TPSA) is 69.6 Å². The summed E-state index contributed by atoms with van der Waals surface area (Å²) in [5.41, 5.74) is 0. The molecule has 0 aliphatic carbocycles. The zero-order chi connectivity index (χ0) is 15.2. The molecule has 2 amide bonds. The van der Waals surface area contributed by atoms with Crippen molar-refractivity contribution in [1.29, 1.82) is 0 Å². The van der Waals surface area contributed by atoms with Crippen LogP contribution in [0.3, 0.4) is 0 Å². The third-order valence-electron chi connectivity index (χ3n) is 3.87. The first-order chi connectivity index (χ1) is 10.1. The highest BCUT2D eigenvalue weighted by molar-refractivity contribution is 7.12. The summed E-state index contributed by atoms with van der Waals surface area (Å²) in [7, 11) is 0. The van der Waals surface area contributed by atoms with Gasteiger partial charge in [-0.05, 0) is 30.2 Å². The van der Waals surface area contributed by atoms with Crippen molar-refractivity contribution < 1.29 is 14.7 Å². The number of amides is 2. The maximum atomic E-state index is 12.0. The number of nitrogens with one attached hydrogen (secondary N) is 1. The van der Waals surface area contributed by atoms with Crippen molar-refractivity contribution in [3.05, 3.63) is 22.4 Å². The number of likely N-dealkylation sites (tertiary alicyclic amines) is 1. The molecule has 21 heavy (non-hydrogen) atoms. The summed E-state index contributed by atoms with van der Waals surface area (Å²) in [6, 6.07) is 3.62. The molecule has 0 bridgehead atoms. The molecule has 6 heteroatoms. The molecular weight excluding hydrogens is 288 g/mol. The second-order valence-electron chi connectivity index (χ2n) is 5.51. The lowest BCUT2D eigenvalue weighted by atomic mass is 9.96. The predicted octanol–water partition coefficient (Wildman–Crippen LogP) is 1.49. The number of thiophene rings is 1. The van der Waals surface area contributed by atoms with Crippen molar-refractivity contribution in [2.45, 2.75) is 32.3 Å². The summed E-state index contributed by atoms with van der Waals surface area (Å²) < 4.78 is 0. The molecule has 1 saturated heterocycles. The molecule has 5 nitrogen and oxygen atoms in total. The van der Waals surface area contributed by atoms with Crippen LogP contribution in [0, 0.1) is 5.92 Å². The van der Waals surface area contributed by atoms with E-state index in [4.69, 9.17) is 0 Å². The van der Waals surface area contributed by atoms with Gasteiger partial charge in [0.1, 0.15) is 0 Å². The number of hydrogen-bond acceptors (Lipinski definition) is 4. The van der Waals surface area contributed by atoms with Crippen LogP contribution in [0.1, 0.15) is 35.9 Å². The van der Waals surface area contributed by atoms with Crippen LogP contribution in [0.25, 0.3) is 0 Å². The van der Waals surface area contributed by atoms with E-state index in [1.807, 2.05) is 18.4 Å². The Morgan fingerprint density at radius 2 is 2.33 bits per heavy atom. The van der Waals surface area contributed by atoms with Crippen molar-refractivity contribution in [2.75, 3.05) is 19.6 Å². The molecule has 2 rings (SSSR count). The second-order valence-corrected chi connectivity index (χ2v) is 6.46. The third-order valence-corrected chi connectivity index (χ3v) is 4.74. The number of piperidine rings is 1. The summed E-state index contributed by atoms with van der Waals surface area (Å²) in [4.78, 5) is 26.1. The van der Waals surface area contributed by atoms with Gasteiger partial charge in [0.15, 0.2) is 0 Å². The van der Waals surface area contributed by atoms with Crippen LogP contribution in [0.15, 0.2) is 17.5 Å². The first kappa shape index (κ1) is 16.0. The Balaban J connectivity index is 1.64. The zero-order valence-corrected chi connectivity index (χ0v) is 13.1. The van der Waals surface area contributed by atoms with Gasteiger partial charge < -0.3 is 15.3 Å². The molecular formula is C15H22N2O3S. The van der Waals surface area contributed by atoms with Gasteiger partial charge in [-0.2, -0.15) is 0 Å². The first-order valence-electron chi connectivity index (χ1n) is 7.35. The minimum atomic E-state index is -0.416. The van der Waals surface area contributed by atoms with Gasteiger partial charge in [-0.25, -0.2) is 0 Å². The fourth-order valence-electron chi connectivity index (χ4n) is 2.37. The molecule has 2 N–H and O–H groups in total. The number of rotatable bonds is 5. The molecule has 1 fully saturated rings. The van der Waals surface area contributed by atoms with Gasteiger partial charge in [-0.1, -0.05) is 13.0 Å². The predicted molar refractivity (Wildman–Crippen MR) is 82.3 cm³/mol. The van der Waals surface area contributed by atoms with E-state index in [1.165, 1.54) is 11.3 Å². The van der Waals surface area contributed by atoms with E-state index in [0.717, 1.165) is 13.0 Å². The molecule has 1 aliphatic rings. The Hall–Kier alpha value is -1.40. The van der Waals surface area contributed by atoms with E-state index < -0.39 is 6.10 Å². The standard InChI is InChI=1S/C15H22N2O3S/c1-11-6-8-17(10-12(11)18)14(19)5-2-7-16-15(20)13-4-3-9-21-13/h3-4,9,11-12,18H,2,5-8,10H2,1H3,(H,16,20). The van der Waals surface area contributed by atoms with E-state index in [1.54, 1.807) is 11.0 Å². The first-order valence-corrected chi connectivity index (χ1v) is 8.23. The summed E-state index contributed by atoms with van der Waals surface area (Å²) in [5.74, 6) is 0.241. The average Bonchev–Trinajstić information content (AvgIpc) is 3.00. The number of β-amino-alcohol motifs (C(OH)–C–C–N with tert-alkyl or cyclic N) is 1. The van der Waals surface area contributed by atoms with Gasteiger partial charge >= 0.3 is 0 Å². The Kier molecular flexibility index (Phi) is 5.76. The monoisotopic (exact) mass is 310 g/mol. The van der Waals surface area contributed by atoms with Crippen molar-refractivity contribution in [2.24, 2.45) is 5.92 Å². The Bertz CT molecular complexity index is 475. The van der Waals surface area contributed by atoms with Gasteiger partial charge in [0, 0.05) is 26.1 Å². The lowest BCUT2D eigenvalue weighted by Gasteiger charge is -2.34. The summed E-state index contributed by atoms with van der Waals surface area (Å²) in [5, 5.41) is 14.5. The van der Waals surface area contributed by atoms with Crippen LogP contribution >= 0.6 is 11.3 Å². The van der Waals surface area contributed by atoms with Crippen LogP contribution in [0.4, 0.5) is 0 Å². The van der Waals surface area contributed by atoms with E-state index in [2.05, 4.69) is 5.32 Å². The van der Waals surface area contributed by atoms with Gasteiger partial charge in [0.05, 0.1) is 11.0 Å². The van der Waals surface area contributed by atoms with E-state index >= 15 is 0 Å². The summed E-state index contributed by atoms with van der Waals surface area (Å²) >= 11 is 1.40. The van der Waals surface area contributed by atoms with Crippen LogP contribution in [-0.2, 0) is 4.79 Å². The number of aliphatic hydroxyl groups excluding tert-OH is 1. The average molecular weight is 310 g/mol. The molecule has 0 spiro atoms. The van der Waals surface area contributed by atoms with Crippen molar-refractivity contribution in [3.63, 3.8) is 0 Å². The summed E-state index contributed by atoms with van der Waals surface area (Å²) in [6.45, 7) is 3.65. The SMILES string of the molecule is CC1CCN(C(=O)CCCNC(=O)c2cccs2)CC1O. The van der Waals surface area contributed by atoms with Crippen LogP contribution < -0.4 is 5.32 Å². The molecule has 2 heterocycles. The normalized spacial score (nSPS) is 22.1. The fourth-order valence-corrected chi connectivity index (χ4v) is 3.01. The molecule has 0 saturated carbocycles. The Morgan fingerprint density at radius 1 is 1.52 bits per heavy atom. The van der Waals surface area contributed by atoms with Crippen LogP contribution in [0.2, 0.25) is 0 Å². The lowest BCUT2D eigenvalue weighted by molar-refractivity contribution is -0.135. The molecule has 1 aromatic rings. The largest absolute Gasteiger partial charge is 0.391 e. The van der Waals surface area contributed by atoms with Gasteiger partial charge in [-0.15, -0.1) is 11.3 Å². The highest BCUT2D eigenvalue weighted by atomic mass is 32.1. The maximum Gasteiger partial charge on any atom is 0.261 e. The minimum absolute atomic E-state index is 0.0614. The highest BCUT2D eigenvalue weighted by Gasteiger charge is 2.26. The molecule has 2 atom stereocenters. The van der Waals surface area contributed by atoms with E-state index in [0.29, 0.717) is 30.8 Å². The quantitative estimate of drug-likeness (QED) is 0.810. The van der Waals surface area contributed by atoms with E-state index in [9.17, 15) is 14.7 Å². The van der Waals surface area contributed by atoms with Crippen LogP contribution in [-0.4, -0.2) is 47.6 Å². The summed E-state index contributed by atoms with van der Waals surface area (Å²) in [6.07, 6.45) is 1.47. The van der Waals surface area contributed by atoms with Crippen molar-refractivity contribution in [3.8, 4) is 0 Å². The van der Waals surface area contributed by atoms with Crippen molar-refractivity contribution in [1.82, 2.24) is 10.2 Å². The van der Waals surface area contributed by atoms with Crippen LogP contribution in [0.5, 0.6) is 0 Å². The lowest BCUT2D eigenvalue weighted by Crippen LogP contribution is -2.45. The fraction of sp³-hybridized carbons (Fsp3) is 0.600. The molecule has 0 aromatic carbocycles. The molecule has 1 aliphatic heterocycles. The molecule has 0 radical (unpaired) electrons. The van der Waals surface area contributed by atoms with Gasteiger partial charge in [-0.3, -0.25) is 9.59 Å². The molecule has 116 valence electrons. The van der Waals surface area contributed by atoms with Crippen molar-refractivity contribution >= 4 is 23.2 Å².